The maximum absolute atomic E-state index is 3.72. The Bertz CT molecular complexity index is 243. The molecule has 0 bridgehead atoms. The minimum absolute atomic E-state index is 1.02. The van der Waals surface area contributed by atoms with Crippen LogP contribution in [-0.2, 0) is 6.42 Å². The monoisotopic (exact) mass is 177 g/mol. The molecule has 0 atom stereocenters. The van der Waals surface area contributed by atoms with Crippen LogP contribution in [0.15, 0.2) is 19.2 Å². The molecule has 1 nitrogen and oxygen atoms in total. The molecule has 1 N–H and O–H groups in total. The van der Waals surface area contributed by atoms with Crippen LogP contribution >= 0.6 is 0 Å². The van der Waals surface area contributed by atoms with Crippen LogP contribution in [0.2, 0.25) is 0 Å². The second-order valence-corrected chi connectivity index (χ2v) is 2.43. The van der Waals surface area contributed by atoms with Gasteiger partial charge in [0.2, 0.25) is 0 Å². The van der Waals surface area contributed by atoms with Gasteiger partial charge in [-0.25, -0.2) is 0 Å². The molecule has 0 fully saturated rings. The molecule has 0 saturated carbocycles. The molecule has 0 aliphatic rings. The van der Waals surface area contributed by atoms with Crippen LogP contribution in [0.4, 0.5) is 0 Å². The quantitative estimate of drug-likeness (QED) is 0.721. The number of nitrogens with one attached hydrogen (secondary N) is 1. The largest absolute Gasteiger partial charge is 0.358 e. The summed E-state index contributed by atoms with van der Waals surface area (Å²) in [6.07, 6.45) is 4.68. The van der Waals surface area contributed by atoms with E-state index in [9.17, 15) is 0 Å². The van der Waals surface area contributed by atoms with Gasteiger partial charge in [0.05, 0.1) is 0 Å². The Morgan fingerprint density at radius 3 is 2.23 bits per heavy atom. The zero-order valence-electron chi connectivity index (χ0n) is 8.85. The highest BCUT2D eigenvalue weighted by Crippen LogP contribution is 2.13. The predicted octanol–water partition coefficient (Wildman–Crippen LogP) is 3.89. The Balaban J connectivity index is 0.000000671. The fourth-order valence-electron chi connectivity index (χ4n) is 1.07. The second-order valence-electron chi connectivity index (χ2n) is 2.43. The third kappa shape index (κ3) is 2.94. The molecule has 0 spiro atoms. The molecule has 0 radical (unpaired) electrons. The molecule has 1 heteroatoms. The molecular weight excluding hydrogens is 158 g/mol. The molecule has 1 heterocycles. The van der Waals surface area contributed by atoms with Crippen LogP contribution in [-0.4, -0.2) is 4.98 Å². The number of hydrogen-bond acceptors (Lipinski definition) is 0. The number of hydrogen-bond donors (Lipinski definition) is 1. The first-order chi connectivity index (χ1) is 6.31. The maximum atomic E-state index is 3.72. The van der Waals surface area contributed by atoms with E-state index in [0.717, 1.165) is 17.7 Å². The van der Waals surface area contributed by atoms with Gasteiger partial charge >= 0.3 is 0 Å². The molecule has 1 aromatic rings. The van der Waals surface area contributed by atoms with Gasteiger partial charge in [-0.1, -0.05) is 40.0 Å². The fraction of sp³-hybridized carbons (Fsp3) is 0.333. The Morgan fingerprint density at radius 2 is 1.92 bits per heavy atom. The third-order valence-corrected chi connectivity index (χ3v) is 1.74. The van der Waals surface area contributed by atoms with E-state index in [4.69, 9.17) is 0 Å². The van der Waals surface area contributed by atoms with Crippen molar-refractivity contribution >= 4 is 12.2 Å². The highest BCUT2D eigenvalue weighted by atomic mass is 14.7. The molecule has 13 heavy (non-hydrogen) atoms. The molecule has 0 aliphatic heterocycles. The van der Waals surface area contributed by atoms with Crippen LogP contribution in [0.5, 0.6) is 0 Å². The van der Waals surface area contributed by atoms with Crippen LogP contribution in [0.1, 0.15) is 37.7 Å². The number of aromatic nitrogens is 1. The Hall–Kier alpha value is -1.24. The van der Waals surface area contributed by atoms with Crippen molar-refractivity contribution in [3.63, 3.8) is 0 Å². The van der Waals surface area contributed by atoms with E-state index in [1.54, 1.807) is 0 Å². The summed E-state index contributed by atoms with van der Waals surface area (Å²) in [6, 6.07) is 2.10. The molecular formula is C12H19N. The molecule has 72 valence electrons. The van der Waals surface area contributed by atoms with Crippen molar-refractivity contribution in [2.75, 3.05) is 0 Å². The van der Waals surface area contributed by atoms with Crippen LogP contribution < -0.4 is 0 Å². The third-order valence-electron chi connectivity index (χ3n) is 1.74. The molecule has 1 rings (SSSR count). The van der Waals surface area contributed by atoms with Gasteiger partial charge in [-0.15, -0.1) is 0 Å². The van der Waals surface area contributed by atoms with Gasteiger partial charge in [-0.2, -0.15) is 0 Å². The van der Waals surface area contributed by atoms with Crippen LogP contribution in [0.3, 0.4) is 0 Å². The van der Waals surface area contributed by atoms with E-state index in [0.29, 0.717) is 0 Å². The molecule has 0 aromatic carbocycles. The number of H-pyrrole nitrogens is 1. The standard InChI is InChI=1S/C10H13N.C2H6/c1-4-8-7-9(5-2)11-10(8)6-3;1-2/h4,6-7,11H,1,3,5H2,2H3;1-2H3. The van der Waals surface area contributed by atoms with Crippen LogP contribution in [0, 0.1) is 0 Å². The summed E-state index contributed by atoms with van der Waals surface area (Å²) in [7, 11) is 0. The van der Waals surface area contributed by atoms with Gasteiger partial charge < -0.3 is 4.98 Å². The van der Waals surface area contributed by atoms with Crippen molar-refractivity contribution in [1.29, 1.82) is 0 Å². The van der Waals surface area contributed by atoms with Crippen molar-refractivity contribution in [3.8, 4) is 0 Å². The molecule has 0 aliphatic carbocycles. The van der Waals surface area contributed by atoms with Gasteiger partial charge in [0.1, 0.15) is 0 Å². The minimum atomic E-state index is 1.02. The summed E-state index contributed by atoms with van der Waals surface area (Å²) < 4.78 is 0. The summed E-state index contributed by atoms with van der Waals surface area (Å²) >= 11 is 0. The summed E-state index contributed by atoms with van der Waals surface area (Å²) in [5, 5.41) is 0. The second kappa shape index (κ2) is 6.30. The van der Waals surface area contributed by atoms with E-state index in [1.807, 2.05) is 26.0 Å². The first-order valence-electron chi connectivity index (χ1n) is 4.78. The summed E-state index contributed by atoms with van der Waals surface area (Å²) in [5.74, 6) is 0. The van der Waals surface area contributed by atoms with E-state index < -0.39 is 0 Å². The molecule has 0 saturated heterocycles. The molecule has 0 amide bonds. The van der Waals surface area contributed by atoms with Crippen molar-refractivity contribution in [3.05, 3.63) is 36.2 Å². The van der Waals surface area contributed by atoms with Gasteiger partial charge in [-0.05, 0) is 24.1 Å². The average molecular weight is 177 g/mol. The lowest BCUT2D eigenvalue weighted by atomic mass is 10.2. The number of aromatic amines is 1. The van der Waals surface area contributed by atoms with Crippen molar-refractivity contribution < 1.29 is 0 Å². The summed E-state index contributed by atoms with van der Waals surface area (Å²) in [4.78, 5) is 3.24. The SMILES string of the molecule is C=Cc1cc(CC)[nH]c1C=C.CC. The zero-order chi connectivity index (χ0) is 10.3. The summed E-state index contributed by atoms with van der Waals surface area (Å²) in [6.45, 7) is 13.5. The van der Waals surface area contributed by atoms with E-state index in [-0.39, 0.29) is 0 Å². The van der Waals surface area contributed by atoms with E-state index >= 15 is 0 Å². The van der Waals surface area contributed by atoms with Crippen LogP contribution in [0.25, 0.3) is 12.2 Å². The minimum Gasteiger partial charge on any atom is -0.358 e. The topological polar surface area (TPSA) is 15.8 Å². The van der Waals surface area contributed by atoms with Gasteiger partial charge in [0.15, 0.2) is 0 Å². The zero-order valence-corrected chi connectivity index (χ0v) is 8.85. The van der Waals surface area contributed by atoms with E-state index in [2.05, 4.69) is 31.1 Å². The Morgan fingerprint density at radius 1 is 1.31 bits per heavy atom. The highest BCUT2D eigenvalue weighted by molar-refractivity contribution is 5.61. The molecule has 1 aromatic heterocycles. The van der Waals surface area contributed by atoms with Crippen molar-refractivity contribution in [2.24, 2.45) is 0 Å². The first kappa shape index (κ1) is 11.8. The highest BCUT2D eigenvalue weighted by Gasteiger charge is 1.99. The Kier molecular flexibility index (Phi) is 5.69. The van der Waals surface area contributed by atoms with Crippen molar-refractivity contribution in [1.82, 2.24) is 4.98 Å². The first-order valence-corrected chi connectivity index (χ1v) is 4.78. The maximum Gasteiger partial charge on any atom is 0.0449 e. The summed E-state index contributed by atoms with van der Waals surface area (Å²) in [5.41, 5.74) is 3.43. The number of aryl methyl sites for hydroxylation is 1. The lowest BCUT2D eigenvalue weighted by Crippen LogP contribution is -1.77. The van der Waals surface area contributed by atoms with Crippen molar-refractivity contribution in [2.45, 2.75) is 27.2 Å². The molecule has 0 unspecified atom stereocenters. The lowest BCUT2D eigenvalue weighted by molar-refractivity contribution is 1.06. The normalized spacial score (nSPS) is 8.54. The van der Waals surface area contributed by atoms with Gasteiger partial charge in [-0.3, -0.25) is 0 Å². The lowest BCUT2D eigenvalue weighted by Gasteiger charge is -1.87. The van der Waals surface area contributed by atoms with Gasteiger partial charge in [0.25, 0.3) is 0 Å². The van der Waals surface area contributed by atoms with Gasteiger partial charge in [0, 0.05) is 11.4 Å². The fourth-order valence-corrected chi connectivity index (χ4v) is 1.07. The average Bonchev–Trinajstić information content (AvgIpc) is 2.63. The predicted molar refractivity (Wildman–Crippen MR) is 61.7 cm³/mol. The van der Waals surface area contributed by atoms with E-state index in [1.165, 1.54) is 5.69 Å². The Labute approximate surface area is 81.2 Å². The number of rotatable bonds is 3. The smallest absolute Gasteiger partial charge is 0.0449 e.